The number of rotatable bonds is 0. The fraction of sp³-hybridized carbons (Fsp3) is 0. The predicted octanol–water partition coefficient (Wildman–Crippen LogP) is -4.71. The van der Waals surface area contributed by atoms with Crippen LogP contribution in [-0.2, 0) is 0 Å². The SMILES string of the molecule is C1=Cc2cc3ccc(cc4ccc(cc5nc(cc1n2)C=C5)[nH]4)[nH]3.[Cl-].[Cl-].[Cl-].[In+3]. The van der Waals surface area contributed by atoms with E-state index in [9.17, 15) is 0 Å². The minimum Gasteiger partial charge on any atom is -1.00 e. The van der Waals surface area contributed by atoms with Crippen LogP contribution in [0.25, 0.3) is 46.4 Å². The minimum absolute atomic E-state index is 0. The molecular formula is C20H14Cl3InN4. The Hall–Kier alpha value is -1.66. The van der Waals surface area contributed by atoms with Crippen LogP contribution in [0.15, 0.2) is 48.5 Å². The Kier molecular flexibility index (Phi) is 8.89. The molecule has 0 atom stereocenters. The van der Waals surface area contributed by atoms with Crippen LogP contribution in [0.3, 0.4) is 0 Å². The molecule has 3 aromatic rings. The van der Waals surface area contributed by atoms with E-state index in [1.165, 1.54) is 0 Å². The van der Waals surface area contributed by atoms with Gasteiger partial charge in [0.25, 0.3) is 0 Å². The summed E-state index contributed by atoms with van der Waals surface area (Å²) in [6, 6.07) is 16.4. The van der Waals surface area contributed by atoms with Gasteiger partial charge in [-0.25, -0.2) is 9.97 Å². The van der Waals surface area contributed by atoms with Gasteiger partial charge in [-0.3, -0.25) is 0 Å². The van der Waals surface area contributed by atoms with Gasteiger partial charge >= 0.3 is 25.8 Å². The molecule has 0 aromatic carbocycles. The van der Waals surface area contributed by atoms with E-state index < -0.39 is 0 Å². The normalized spacial score (nSPS) is 10.9. The number of aromatic amines is 2. The van der Waals surface area contributed by atoms with Gasteiger partial charge in [-0.05, 0) is 72.8 Å². The molecule has 5 heterocycles. The Bertz CT molecular complexity index is 1090. The van der Waals surface area contributed by atoms with Crippen molar-refractivity contribution < 1.29 is 37.2 Å². The molecule has 2 aliphatic rings. The maximum atomic E-state index is 4.62. The van der Waals surface area contributed by atoms with Gasteiger partial charge in [0, 0.05) is 22.1 Å². The molecule has 0 spiro atoms. The summed E-state index contributed by atoms with van der Waals surface area (Å²) in [7, 11) is 0. The number of aromatic nitrogens is 4. The van der Waals surface area contributed by atoms with Crippen LogP contribution in [0.2, 0.25) is 0 Å². The van der Waals surface area contributed by atoms with Crippen LogP contribution in [0.5, 0.6) is 0 Å². The zero-order valence-corrected chi connectivity index (χ0v) is 20.1. The van der Waals surface area contributed by atoms with Crippen molar-refractivity contribution >= 4 is 72.2 Å². The van der Waals surface area contributed by atoms with Gasteiger partial charge < -0.3 is 47.2 Å². The maximum absolute atomic E-state index is 4.62. The molecule has 2 aliphatic heterocycles. The summed E-state index contributed by atoms with van der Waals surface area (Å²) < 4.78 is 0. The number of hydrogen-bond acceptors (Lipinski definition) is 2. The maximum Gasteiger partial charge on any atom is 3.00 e. The van der Waals surface area contributed by atoms with Crippen molar-refractivity contribution in [1.82, 2.24) is 19.9 Å². The van der Waals surface area contributed by atoms with Crippen molar-refractivity contribution in [3.8, 4) is 0 Å². The molecule has 8 heteroatoms. The number of H-pyrrole nitrogens is 2. The second-order valence-electron chi connectivity index (χ2n) is 5.91. The molecule has 0 aliphatic carbocycles. The summed E-state index contributed by atoms with van der Waals surface area (Å²) >= 11 is 0. The first-order chi connectivity index (χ1) is 11.8. The summed E-state index contributed by atoms with van der Waals surface area (Å²) in [4.78, 5) is 16.0. The third kappa shape index (κ3) is 5.23. The van der Waals surface area contributed by atoms with Gasteiger partial charge in [0.15, 0.2) is 0 Å². The van der Waals surface area contributed by atoms with Crippen LogP contribution in [-0.4, -0.2) is 45.8 Å². The van der Waals surface area contributed by atoms with E-state index in [4.69, 9.17) is 0 Å². The number of fused-ring (bicyclic) bond motifs is 8. The fourth-order valence-electron chi connectivity index (χ4n) is 2.94. The van der Waals surface area contributed by atoms with Gasteiger partial charge in [-0.2, -0.15) is 0 Å². The zero-order chi connectivity index (χ0) is 15.9. The van der Waals surface area contributed by atoms with Crippen molar-refractivity contribution in [3.05, 3.63) is 71.3 Å². The van der Waals surface area contributed by atoms with Crippen LogP contribution in [0, 0.1) is 0 Å². The average molecular weight is 532 g/mol. The smallest absolute Gasteiger partial charge is 1.00 e. The number of nitrogens with zero attached hydrogens (tertiary/aromatic N) is 2. The molecule has 5 rings (SSSR count). The van der Waals surface area contributed by atoms with Crippen LogP contribution < -0.4 is 37.2 Å². The summed E-state index contributed by atoms with van der Waals surface area (Å²) in [5.74, 6) is 0. The number of halogens is 3. The van der Waals surface area contributed by atoms with E-state index >= 15 is 0 Å². The largest absolute Gasteiger partial charge is 3.00 e. The molecule has 0 radical (unpaired) electrons. The summed E-state index contributed by atoms with van der Waals surface area (Å²) in [5, 5.41) is 0. The van der Waals surface area contributed by atoms with Crippen molar-refractivity contribution in [1.29, 1.82) is 0 Å². The molecule has 28 heavy (non-hydrogen) atoms. The molecule has 3 aromatic heterocycles. The molecule has 138 valence electrons. The Morgan fingerprint density at radius 1 is 0.464 bits per heavy atom. The van der Waals surface area contributed by atoms with Crippen molar-refractivity contribution in [2.75, 3.05) is 0 Å². The first-order valence-electron chi connectivity index (χ1n) is 7.85. The molecule has 4 nitrogen and oxygen atoms in total. The number of nitrogens with one attached hydrogen (secondary N) is 2. The molecule has 0 unspecified atom stereocenters. The molecule has 0 amide bonds. The first-order valence-corrected chi connectivity index (χ1v) is 7.85. The topological polar surface area (TPSA) is 57.4 Å². The second kappa shape index (κ2) is 10.2. The summed E-state index contributed by atoms with van der Waals surface area (Å²) in [6.07, 6.45) is 8.05. The van der Waals surface area contributed by atoms with Gasteiger partial charge in [-0.15, -0.1) is 0 Å². The van der Waals surface area contributed by atoms with E-state index in [-0.39, 0.29) is 63.1 Å². The van der Waals surface area contributed by atoms with Gasteiger partial charge in [0.1, 0.15) is 0 Å². The van der Waals surface area contributed by atoms with Crippen LogP contribution in [0.1, 0.15) is 22.8 Å². The third-order valence-corrected chi connectivity index (χ3v) is 4.04. The van der Waals surface area contributed by atoms with Gasteiger partial charge in [0.2, 0.25) is 0 Å². The Morgan fingerprint density at radius 3 is 1.18 bits per heavy atom. The monoisotopic (exact) mass is 530 g/mol. The van der Waals surface area contributed by atoms with Crippen LogP contribution in [0.4, 0.5) is 0 Å². The molecule has 0 saturated heterocycles. The number of hydrogen-bond donors (Lipinski definition) is 2. The van der Waals surface area contributed by atoms with Crippen LogP contribution >= 0.6 is 0 Å². The second-order valence-corrected chi connectivity index (χ2v) is 5.91. The van der Waals surface area contributed by atoms with Gasteiger partial charge in [0.05, 0.1) is 22.8 Å². The third-order valence-electron chi connectivity index (χ3n) is 4.04. The average Bonchev–Trinajstić information content (AvgIpc) is 3.32. The van der Waals surface area contributed by atoms with Crippen molar-refractivity contribution in [3.63, 3.8) is 0 Å². The Balaban J connectivity index is 0.000000980. The van der Waals surface area contributed by atoms with E-state index in [1.807, 2.05) is 42.5 Å². The zero-order valence-electron chi connectivity index (χ0n) is 14.5. The van der Waals surface area contributed by atoms with Crippen molar-refractivity contribution in [2.24, 2.45) is 0 Å². The standard InChI is InChI=1S/C20H14N4.3ClH.In/c1-2-14-10-16-5-6-18(23-16)12-20-8-7-19(24-20)11-17-4-3-15(22-17)9-13(1)21-14;;;;/h1-12,21-22H;3*1H;/q;;;;+3/p-3. The van der Waals surface area contributed by atoms with E-state index in [1.54, 1.807) is 0 Å². The molecule has 0 fully saturated rings. The first kappa shape index (κ1) is 24.4. The minimum atomic E-state index is 0. The summed E-state index contributed by atoms with van der Waals surface area (Å²) in [5.41, 5.74) is 7.86. The van der Waals surface area contributed by atoms with E-state index in [2.05, 4.69) is 50.3 Å². The Labute approximate surface area is 199 Å². The van der Waals surface area contributed by atoms with E-state index in [0.29, 0.717) is 0 Å². The predicted molar refractivity (Wildman–Crippen MR) is 105 cm³/mol. The quantitative estimate of drug-likeness (QED) is 0.211. The molecule has 8 bridgehead atoms. The van der Waals surface area contributed by atoms with Gasteiger partial charge in [-0.1, -0.05) is 0 Å². The summed E-state index contributed by atoms with van der Waals surface area (Å²) in [6.45, 7) is 0. The molecule has 0 saturated carbocycles. The van der Waals surface area contributed by atoms with Crippen molar-refractivity contribution in [2.45, 2.75) is 0 Å². The van der Waals surface area contributed by atoms with E-state index in [0.717, 1.165) is 44.8 Å². The molecular weight excluding hydrogens is 517 g/mol. The fourth-order valence-corrected chi connectivity index (χ4v) is 2.94. The Morgan fingerprint density at radius 2 is 0.786 bits per heavy atom. The molecule has 2 N–H and O–H groups in total.